The van der Waals surface area contributed by atoms with Crippen LogP contribution in [0, 0.1) is 0 Å². The number of nitrogens with zero attached hydrogens (tertiary/aromatic N) is 4. The van der Waals surface area contributed by atoms with Gasteiger partial charge in [-0.3, -0.25) is 0 Å². The maximum Gasteiger partial charge on any atom is 0.164 e. The molecule has 218 valence electrons. The van der Waals surface area contributed by atoms with E-state index in [1.807, 2.05) is 60.7 Å². The van der Waals surface area contributed by atoms with Crippen LogP contribution in [0.15, 0.2) is 139 Å². The molecule has 1 aromatic heterocycles. The van der Waals surface area contributed by atoms with Crippen molar-refractivity contribution in [1.82, 2.24) is 19.5 Å². The second-order valence-corrected chi connectivity index (χ2v) is 12.6. The standard InChI is InChI=1S/C42H30N4/c1-42(2)37-32(22-29-16-9-10-19-35(29)37)24-33-23-30-20-21-46(26-36(30)38(33)42)34-18-11-17-31(25-34)41-44-39(27-12-5-3-6-13-27)43-40(45-41)28-14-7-4-8-15-28/h3-26H,1-2H3. The van der Waals surface area contributed by atoms with Gasteiger partial charge >= 0.3 is 0 Å². The van der Waals surface area contributed by atoms with Gasteiger partial charge in [-0.05, 0) is 74.7 Å². The number of hydrogen-bond acceptors (Lipinski definition) is 3. The summed E-state index contributed by atoms with van der Waals surface area (Å²) in [6.45, 7) is 4.74. The Balaban J connectivity index is 1.17. The molecule has 0 atom stereocenters. The number of rotatable bonds is 4. The Bertz CT molecular complexity index is 2370. The second-order valence-electron chi connectivity index (χ2n) is 12.6. The molecule has 0 bridgehead atoms. The van der Waals surface area contributed by atoms with E-state index in [2.05, 4.69) is 104 Å². The summed E-state index contributed by atoms with van der Waals surface area (Å²) in [5, 5.41) is 2.65. The molecule has 5 aromatic rings. The summed E-state index contributed by atoms with van der Waals surface area (Å²) in [5.74, 6) is 1.96. The van der Waals surface area contributed by atoms with Gasteiger partial charge in [0.15, 0.2) is 17.5 Å². The lowest BCUT2D eigenvalue weighted by molar-refractivity contribution is 0.689. The van der Waals surface area contributed by atoms with E-state index in [0.29, 0.717) is 17.5 Å². The first-order valence-corrected chi connectivity index (χ1v) is 15.7. The minimum Gasteiger partial charge on any atom is -0.323 e. The molecule has 4 nitrogen and oxygen atoms in total. The Morgan fingerprint density at radius 3 is 1.91 bits per heavy atom. The number of fused-ring (bicyclic) bond motifs is 5. The summed E-state index contributed by atoms with van der Waals surface area (Å²) >= 11 is 0. The molecule has 4 heteroatoms. The van der Waals surface area contributed by atoms with Gasteiger partial charge in [0, 0.05) is 45.7 Å². The third kappa shape index (κ3) is 4.18. The van der Waals surface area contributed by atoms with Crippen molar-refractivity contribution in [2.75, 3.05) is 0 Å². The van der Waals surface area contributed by atoms with Crippen molar-refractivity contribution in [3.8, 4) is 51.0 Å². The number of allylic oxidation sites excluding steroid dienone is 1. The SMILES string of the molecule is CC1(C)C2=c3ccccc3=CC2=Cc2cc3ccn(-c4cccc(-c5nc(-c6ccccc6)nc(-c6ccccc6)n5)c4)cc-3c21. The van der Waals surface area contributed by atoms with E-state index in [-0.39, 0.29) is 5.41 Å². The summed E-state index contributed by atoms with van der Waals surface area (Å²) in [7, 11) is 0. The van der Waals surface area contributed by atoms with Gasteiger partial charge in [0.25, 0.3) is 0 Å². The average molecular weight is 591 g/mol. The third-order valence-corrected chi connectivity index (χ3v) is 9.36. The summed E-state index contributed by atoms with van der Waals surface area (Å²) in [6, 6.07) is 42.0. The van der Waals surface area contributed by atoms with Gasteiger partial charge in [0.05, 0.1) is 0 Å². The van der Waals surface area contributed by atoms with E-state index in [4.69, 9.17) is 15.0 Å². The Morgan fingerprint density at radius 2 is 1.20 bits per heavy atom. The zero-order chi connectivity index (χ0) is 30.8. The predicted molar refractivity (Wildman–Crippen MR) is 187 cm³/mol. The van der Waals surface area contributed by atoms with Gasteiger partial charge in [-0.1, -0.05) is 111 Å². The lowest BCUT2D eigenvalue weighted by atomic mass is 9.70. The quantitative estimate of drug-likeness (QED) is 0.208. The average Bonchev–Trinajstić information content (AvgIpc) is 3.67. The molecule has 4 aromatic carbocycles. The topological polar surface area (TPSA) is 43.6 Å². The van der Waals surface area contributed by atoms with Gasteiger partial charge in [-0.25, -0.2) is 15.0 Å². The molecular weight excluding hydrogens is 560 g/mol. The van der Waals surface area contributed by atoms with Crippen LogP contribution in [0.2, 0.25) is 0 Å². The highest BCUT2D eigenvalue weighted by Crippen LogP contribution is 2.50. The zero-order valence-electron chi connectivity index (χ0n) is 25.6. The highest BCUT2D eigenvalue weighted by atomic mass is 15.0. The highest BCUT2D eigenvalue weighted by molar-refractivity contribution is 6.00. The molecule has 4 aliphatic rings. The van der Waals surface area contributed by atoms with Crippen molar-refractivity contribution < 1.29 is 0 Å². The monoisotopic (exact) mass is 590 g/mol. The molecule has 0 radical (unpaired) electrons. The zero-order valence-corrected chi connectivity index (χ0v) is 25.6. The minimum absolute atomic E-state index is 0.141. The molecule has 0 N–H and O–H groups in total. The Morgan fingerprint density at radius 1 is 0.565 bits per heavy atom. The molecule has 0 saturated heterocycles. The van der Waals surface area contributed by atoms with E-state index in [0.717, 1.165) is 22.4 Å². The van der Waals surface area contributed by atoms with Crippen molar-refractivity contribution in [2.24, 2.45) is 0 Å². The van der Waals surface area contributed by atoms with Crippen molar-refractivity contribution >= 4 is 17.7 Å². The lowest BCUT2D eigenvalue weighted by Gasteiger charge is -2.33. The van der Waals surface area contributed by atoms with Crippen LogP contribution in [0.5, 0.6) is 0 Å². The molecule has 0 spiro atoms. The first kappa shape index (κ1) is 26.5. The van der Waals surface area contributed by atoms with E-state index in [1.54, 1.807) is 0 Å². The van der Waals surface area contributed by atoms with Crippen LogP contribution in [-0.2, 0) is 5.41 Å². The number of benzene rings is 4. The van der Waals surface area contributed by atoms with Crippen LogP contribution in [-0.4, -0.2) is 19.5 Å². The summed E-state index contributed by atoms with van der Waals surface area (Å²) in [6.07, 6.45) is 9.15. The molecule has 2 heterocycles. The fourth-order valence-electron chi connectivity index (χ4n) is 7.30. The predicted octanol–water partition coefficient (Wildman–Crippen LogP) is 8.09. The fourth-order valence-corrected chi connectivity index (χ4v) is 7.30. The van der Waals surface area contributed by atoms with E-state index >= 15 is 0 Å². The van der Waals surface area contributed by atoms with Crippen molar-refractivity contribution in [2.45, 2.75) is 19.3 Å². The van der Waals surface area contributed by atoms with Gasteiger partial charge in [-0.15, -0.1) is 0 Å². The van der Waals surface area contributed by atoms with E-state index < -0.39 is 0 Å². The third-order valence-electron chi connectivity index (χ3n) is 9.36. The van der Waals surface area contributed by atoms with E-state index in [1.165, 1.54) is 43.8 Å². The number of pyridine rings is 1. The number of aromatic nitrogens is 4. The van der Waals surface area contributed by atoms with Crippen molar-refractivity contribution in [3.05, 3.63) is 161 Å². The Kier molecular flexibility index (Phi) is 5.81. The molecule has 0 saturated carbocycles. The Labute approximate surface area is 267 Å². The highest BCUT2D eigenvalue weighted by Gasteiger charge is 2.38. The van der Waals surface area contributed by atoms with Gasteiger partial charge in [-0.2, -0.15) is 0 Å². The van der Waals surface area contributed by atoms with Gasteiger partial charge < -0.3 is 4.57 Å². The van der Waals surface area contributed by atoms with Gasteiger partial charge in [0.1, 0.15) is 0 Å². The minimum atomic E-state index is -0.141. The van der Waals surface area contributed by atoms with Crippen molar-refractivity contribution in [1.29, 1.82) is 0 Å². The largest absolute Gasteiger partial charge is 0.323 e. The lowest BCUT2D eigenvalue weighted by Crippen LogP contribution is -2.31. The smallest absolute Gasteiger partial charge is 0.164 e. The summed E-state index contributed by atoms with van der Waals surface area (Å²) in [4.78, 5) is 14.8. The summed E-state index contributed by atoms with van der Waals surface area (Å²) < 4.78 is 2.22. The molecule has 1 aliphatic heterocycles. The van der Waals surface area contributed by atoms with Crippen LogP contribution in [0.4, 0.5) is 0 Å². The molecule has 0 fully saturated rings. The molecule has 9 rings (SSSR count). The maximum atomic E-state index is 4.96. The molecular formula is C42H30N4. The van der Waals surface area contributed by atoms with Gasteiger partial charge in [0.2, 0.25) is 0 Å². The molecule has 3 aliphatic carbocycles. The normalized spacial score (nSPS) is 14.3. The first-order valence-electron chi connectivity index (χ1n) is 15.7. The van der Waals surface area contributed by atoms with Crippen LogP contribution >= 0.6 is 0 Å². The molecule has 46 heavy (non-hydrogen) atoms. The maximum absolute atomic E-state index is 4.96. The van der Waals surface area contributed by atoms with E-state index in [9.17, 15) is 0 Å². The van der Waals surface area contributed by atoms with Crippen LogP contribution in [0.1, 0.15) is 25.0 Å². The van der Waals surface area contributed by atoms with Crippen molar-refractivity contribution in [3.63, 3.8) is 0 Å². The Hall–Kier alpha value is -5.87. The van der Waals surface area contributed by atoms with Crippen LogP contribution in [0.3, 0.4) is 0 Å². The summed E-state index contributed by atoms with van der Waals surface area (Å²) in [5.41, 5.74) is 11.7. The second kappa shape index (κ2) is 10.1. The molecule has 0 unspecified atom stereocenters. The van der Waals surface area contributed by atoms with Crippen LogP contribution < -0.4 is 10.4 Å². The van der Waals surface area contributed by atoms with Crippen LogP contribution in [0.25, 0.3) is 68.7 Å². The molecule has 0 amide bonds. The first-order chi connectivity index (χ1) is 22.5. The number of hydrogen-bond donors (Lipinski definition) is 0. The fraction of sp³-hybridized carbons (Fsp3) is 0.0714.